The third-order valence-electron chi connectivity index (χ3n) is 0.556. The summed E-state index contributed by atoms with van der Waals surface area (Å²) in [6.45, 7) is 0. The minimum atomic E-state index is 0. The molecule has 0 aromatic rings. The van der Waals surface area contributed by atoms with Gasteiger partial charge in [0.1, 0.15) is 0 Å². The van der Waals surface area contributed by atoms with Crippen molar-refractivity contribution in [1.29, 1.82) is 0 Å². The topological polar surface area (TPSA) is 0 Å². The predicted molar refractivity (Wildman–Crippen MR) is 22.6 cm³/mol. The zero-order valence-electron chi connectivity index (χ0n) is 3.33. The monoisotopic (exact) mass is 116 g/mol. The summed E-state index contributed by atoms with van der Waals surface area (Å²) in [6.07, 6.45) is 10.0. The van der Waals surface area contributed by atoms with Crippen LogP contribution in [0.25, 0.3) is 0 Å². The fraction of sp³-hybridized carbons (Fsp3) is 0. The Morgan fingerprint density at radius 1 is 0.667 bits per heavy atom. The molecule has 0 aromatic carbocycles. The first-order chi connectivity index (χ1) is 2.50. The molecule has 1 aliphatic rings. The molecule has 1 heteroatoms. The molecule has 0 saturated heterocycles. The van der Waals surface area contributed by atoms with E-state index in [0.29, 0.717) is 0 Å². The molecule has 0 spiro atoms. The van der Waals surface area contributed by atoms with Gasteiger partial charge in [-0.2, -0.15) is 0 Å². The van der Waals surface area contributed by atoms with Crippen molar-refractivity contribution >= 4 is 0 Å². The summed E-state index contributed by atoms with van der Waals surface area (Å²) in [6, 6.07) is 0. The smallest absolute Gasteiger partial charge is 0.00506 e. The van der Waals surface area contributed by atoms with Crippen molar-refractivity contribution in [3.05, 3.63) is 30.7 Å². The van der Waals surface area contributed by atoms with Gasteiger partial charge in [-0.3, -0.25) is 0 Å². The van der Waals surface area contributed by atoms with Crippen LogP contribution in [-0.4, -0.2) is 0 Å². The Labute approximate surface area is 49.8 Å². The van der Waals surface area contributed by atoms with Crippen LogP contribution in [0.2, 0.25) is 0 Å². The molecule has 0 unspecified atom stereocenters. The van der Waals surface area contributed by atoms with Crippen LogP contribution in [0.15, 0.2) is 24.3 Å². The van der Waals surface area contributed by atoms with E-state index >= 15 is 0 Å². The van der Waals surface area contributed by atoms with E-state index in [-0.39, 0.29) is 18.6 Å². The van der Waals surface area contributed by atoms with Gasteiger partial charge in [-0.05, 0) is 0 Å². The van der Waals surface area contributed by atoms with Gasteiger partial charge in [0.15, 0.2) is 0 Å². The molecule has 0 atom stereocenters. The first-order valence-electron chi connectivity index (χ1n) is 1.67. The minimum Gasteiger partial charge on any atom is -0.0767 e. The van der Waals surface area contributed by atoms with E-state index in [1.54, 1.807) is 0 Å². The maximum absolute atomic E-state index is 2.00. The standard InChI is InChI=1S/C5H5.V/c1-2-4-5-3-1;/h1-5H;. The first-order valence-corrected chi connectivity index (χ1v) is 1.67. The molecule has 0 N–H and O–H groups in total. The molecule has 0 aromatic heterocycles. The summed E-state index contributed by atoms with van der Waals surface area (Å²) in [4.78, 5) is 0. The van der Waals surface area contributed by atoms with Gasteiger partial charge in [-0.1, -0.05) is 24.3 Å². The van der Waals surface area contributed by atoms with Gasteiger partial charge >= 0.3 is 0 Å². The van der Waals surface area contributed by atoms with E-state index in [4.69, 9.17) is 0 Å². The number of hydrogen-bond acceptors (Lipinski definition) is 0. The molecule has 0 nitrogen and oxygen atoms in total. The van der Waals surface area contributed by atoms with E-state index in [1.807, 2.05) is 30.7 Å². The van der Waals surface area contributed by atoms with Crippen molar-refractivity contribution in [2.75, 3.05) is 0 Å². The SMILES string of the molecule is [CH]1C=CC=C1.[V]. The van der Waals surface area contributed by atoms with Crippen molar-refractivity contribution in [1.82, 2.24) is 0 Å². The molecule has 2 radical (unpaired) electrons. The average molecular weight is 116 g/mol. The van der Waals surface area contributed by atoms with Crippen LogP contribution in [0.4, 0.5) is 0 Å². The van der Waals surface area contributed by atoms with Crippen LogP contribution in [0.5, 0.6) is 0 Å². The van der Waals surface area contributed by atoms with E-state index in [9.17, 15) is 0 Å². The third kappa shape index (κ3) is 1.49. The Morgan fingerprint density at radius 3 is 1.33 bits per heavy atom. The van der Waals surface area contributed by atoms with Crippen LogP contribution in [0.1, 0.15) is 0 Å². The van der Waals surface area contributed by atoms with Crippen LogP contribution in [0.3, 0.4) is 0 Å². The zero-order valence-corrected chi connectivity index (χ0v) is 4.73. The summed E-state index contributed by atoms with van der Waals surface area (Å²) in [7, 11) is 0. The second kappa shape index (κ2) is 3.26. The van der Waals surface area contributed by atoms with Gasteiger partial charge in [0.25, 0.3) is 0 Å². The first kappa shape index (κ1) is 6.06. The average Bonchev–Trinajstić information content (AvgIpc) is 1.76. The summed E-state index contributed by atoms with van der Waals surface area (Å²) in [5, 5.41) is 0. The minimum absolute atomic E-state index is 0. The fourth-order valence-electron chi connectivity index (χ4n) is 0.321. The molecular weight excluding hydrogens is 111 g/mol. The van der Waals surface area contributed by atoms with Gasteiger partial charge < -0.3 is 0 Å². The summed E-state index contributed by atoms with van der Waals surface area (Å²) >= 11 is 0. The number of hydrogen-bond donors (Lipinski definition) is 0. The largest absolute Gasteiger partial charge is 0.0767 e. The zero-order chi connectivity index (χ0) is 3.54. The van der Waals surface area contributed by atoms with Crippen molar-refractivity contribution in [2.45, 2.75) is 0 Å². The van der Waals surface area contributed by atoms with Crippen molar-refractivity contribution < 1.29 is 18.6 Å². The molecule has 0 fully saturated rings. The Balaban J connectivity index is 0.000000250. The molecule has 30 valence electrons. The molecule has 0 bridgehead atoms. The summed E-state index contributed by atoms with van der Waals surface area (Å²) in [5.74, 6) is 0. The molecule has 0 amide bonds. The van der Waals surface area contributed by atoms with E-state index in [2.05, 4.69) is 0 Å². The van der Waals surface area contributed by atoms with Gasteiger partial charge in [-0.15, -0.1) is 0 Å². The number of allylic oxidation sites excluding steroid dienone is 4. The molecular formula is C5H5V. The summed E-state index contributed by atoms with van der Waals surface area (Å²) in [5.41, 5.74) is 0. The molecule has 0 heterocycles. The molecule has 0 aliphatic heterocycles. The maximum Gasteiger partial charge on any atom is 0.00506 e. The number of rotatable bonds is 0. The van der Waals surface area contributed by atoms with Crippen molar-refractivity contribution in [2.24, 2.45) is 0 Å². The van der Waals surface area contributed by atoms with Gasteiger partial charge in [0, 0.05) is 25.0 Å². The van der Waals surface area contributed by atoms with Crippen LogP contribution in [-0.2, 0) is 18.6 Å². The third-order valence-corrected chi connectivity index (χ3v) is 0.556. The second-order valence-electron chi connectivity index (χ2n) is 0.962. The molecule has 1 aliphatic carbocycles. The Morgan fingerprint density at radius 2 is 1.17 bits per heavy atom. The molecule has 0 saturated carbocycles. The summed E-state index contributed by atoms with van der Waals surface area (Å²) < 4.78 is 0. The van der Waals surface area contributed by atoms with E-state index in [1.165, 1.54) is 0 Å². The second-order valence-corrected chi connectivity index (χ2v) is 0.962. The van der Waals surface area contributed by atoms with Gasteiger partial charge in [-0.25, -0.2) is 0 Å². The van der Waals surface area contributed by atoms with Crippen LogP contribution >= 0.6 is 0 Å². The van der Waals surface area contributed by atoms with Crippen LogP contribution in [0, 0.1) is 6.42 Å². The normalized spacial score (nSPS) is 14.7. The Bertz CT molecular complexity index is 62.0. The molecule has 6 heavy (non-hydrogen) atoms. The van der Waals surface area contributed by atoms with E-state index < -0.39 is 0 Å². The van der Waals surface area contributed by atoms with E-state index in [0.717, 1.165) is 0 Å². The predicted octanol–water partition coefficient (Wildman–Crippen LogP) is 1.31. The fourth-order valence-corrected chi connectivity index (χ4v) is 0.321. The Kier molecular flexibility index (Phi) is 3.30. The van der Waals surface area contributed by atoms with Gasteiger partial charge in [0.2, 0.25) is 0 Å². The van der Waals surface area contributed by atoms with Crippen LogP contribution < -0.4 is 0 Å². The Hall–Kier alpha value is 0.0644. The van der Waals surface area contributed by atoms with Gasteiger partial charge in [0.05, 0.1) is 0 Å². The maximum atomic E-state index is 2.00. The molecule has 1 rings (SSSR count). The van der Waals surface area contributed by atoms with Crippen molar-refractivity contribution in [3.8, 4) is 0 Å². The quantitative estimate of drug-likeness (QED) is 0.447. The van der Waals surface area contributed by atoms with Crippen molar-refractivity contribution in [3.63, 3.8) is 0 Å².